The number of ketones is 1. The minimum Gasteiger partial charge on any atom is -0.354 e. The van der Waals surface area contributed by atoms with Crippen molar-refractivity contribution in [1.82, 2.24) is 29.9 Å². The van der Waals surface area contributed by atoms with Crippen LogP contribution in [0.1, 0.15) is 34.5 Å². The predicted octanol–water partition coefficient (Wildman–Crippen LogP) is 0.190. The molecule has 8 heteroatoms. The maximum Gasteiger partial charge on any atom is 0.241 e. The van der Waals surface area contributed by atoms with E-state index in [0.717, 1.165) is 5.82 Å². The lowest BCUT2D eigenvalue weighted by Gasteiger charge is -2.07. The maximum absolute atomic E-state index is 12.0. The second kappa shape index (κ2) is 6.50. The summed E-state index contributed by atoms with van der Waals surface area (Å²) >= 11 is 0. The van der Waals surface area contributed by atoms with Gasteiger partial charge < -0.3 is 5.32 Å². The zero-order chi connectivity index (χ0) is 16.3. The smallest absolute Gasteiger partial charge is 0.241 e. The van der Waals surface area contributed by atoms with Crippen molar-refractivity contribution in [2.45, 2.75) is 33.7 Å². The van der Waals surface area contributed by atoms with Gasteiger partial charge in [0.2, 0.25) is 5.91 Å². The first kappa shape index (κ1) is 15.9. The van der Waals surface area contributed by atoms with Crippen LogP contribution in [0.5, 0.6) is 0 Å². The summed E-state index contributed by atoms with van der Waals surface area (Å²) in [6.07, 6.45) is 2.09. The molecule has 0 aliphatic carbocycles. The third-order valence-corrected chi connectivity index (χ3v) is 3.50. The van der Waals surface area contributed by atoms with E-state index in [2.05, 4.69) is 20.5 Å². The third-order valence-electron chi connectivity index (χ3n) is 3.50. The SMILES string of the molecule is CC(=O)c1c(C)nn(CC(=O)NCCc2ncnn2C)c1C. The van der Waals surface area contributed by atoms with Gasteiger partial charge in [0, 0.05) is 25.7 Å². The van der Waals surface area contributed by atoms with Crippen LogP contribution < -0.4 is 5.32 Å². The van der Waals surface area contributed by atoms with Crippen molar-refractivity contribution in [3.63, 3.8) is 0 Å². The number of carbonyl (C=O) groups excluding carboxylic acids is 2. The average Bonchev–Trinajstić information content (AvgIpc) is 2.94. The molecule has 0 aromatic carbocycles. The predicted molar refractivity (Wildman–Crippen MR) is 79.4 cm³/mol. The van der Waals surface area contributed by atoms with Gasteiger partial charge in [0.15, 0.2) is 5.78 Å². The lowest BCUT2D eigenvalue weighted by atomic mass is 10.1. The Kier molecular flexibility index (Phi) is 4.69. The first-order valence-electron chi connectivity index (χ1n) is 7.04. The molecular formula is C14H20N6O2. The van der Waals surface area contributed by atoms with Gasteiger partial charge in [-0.05, 0) is 20.8 Å². The highest BCUT2D eigenvalue weighted by Gasteiger charge is 2.16. The Morgan fingerprint density at radius 3 is 2.59 bits per heavy atom. The van der Waals surface area contributed by atoms with E-state index in [9.17, 15) is 9.59 Å². The summed E-state index contributed by atoms with van der Waals surface area (Å²) in [5.74, 6) is 0.622. The zero-order valence-corrected chi connectivity index (χ0v) is 13.3. The number of Topliss-reactive ketones (excluding diaryl/α,β-unsaturated/α-hetero) is 1. The molecule has 2 aromatic heterocycles. The van der Waals surface area contributed by atoms with Gasteiger partial charge in [-0.3, -0.25) is 19.0 Å². The molecule has 0 radical (unpaired) electrons. The summed E-state index contributed by atoms with van der Waals surface area (Å²) in [7, 11) is 1.81. The van der Waals surface area contributed by atoms with Crippen LogP contribution in [-0.4, -0.2) is 42.8 Å². The van der Waals surface area contributed by atoms with Crippen LogP contribution in [0.4, 0.5) is 0 Å². The van der Waals surface area contributed by atoms with Crippen molar-refractivity contribution >= 4 is 11.7 Å². The van der Waals surface area contributed by atoms with Crippen molar-refractivity contribution in [2.75, 3.05) is 6.54 Å². The lowest BCUT2D eigenvalue weighted by Crippen LogP contribution is -2.30. The third kappa shape index (κ3) is 3.38. The Hall–Kier alpha value is -2.51. The molecule has 8 nitrogen and oxygen atoms in total. The van der Waals surface area contributed by atoms with Crippen LogP contribution >= 0.6 is 0 Å². The molecule has 0 aliphatic rings. The van der Waals surface area contributed by atoms with Crippen LogP contribution in [-0.2, 0) is 24.8 Å². The fourth-order valence-corrected chi connectivity index (χ4v) is 2.41. The molecule has 2 rings (SSSR count). The highest BCUT2D eigenvalue weighted by molar-refractivity contribution is 5.96. The number of aromatic nitrogens is 5. The largest absolute Gasteiger partial charge is 0.354 e. The summed E-state index contributed by atoms with van der Waals surface area (Å²) in [5.41, 5.74) is 1.96. The molecule has 1 N–H and O–H groups in total. The van der Waals surface area contributed by atoms with Crippen LogP contribution in [0.25, 0.3) is 0 Å². The van der Waals surface area contributed by atoms with Crippen molar-refractivity contribution in [3.05, 3.63) is 29.1 Å². The summed E-state index contributed by atoms with van der Waals surface area (Å²) in [6, 6.07) is 0. The minimum atomic E-state index is -0.150. The number of hydrogen-bond donors (Lipinski definition) is 1. The normalized spacial score (nSPS) is 10.7. The molecule has 0 spiro atoms. The van der Waals surface area contributed by atoms with E-state index in [0.29, 0.717) is 29.9 Å². The van der Waals surface area contributed by atoms with Crippen molar-refractivity contribution < 1.29 is 9.59 Å². The van der Waals surface area contributed by atoms with Gasteiger partial charge in [-0.15, -0.1) is 0 Å². The summed E-state index contributed by atoms with van der Waals surface area (Å²) in [5, 5.41) is 11.0. The number of carbonyl (C=O) groups is 2. The first-order chi connectivity index (χ1) is 10.4. The van der Waals surface area contributed by atoms with E-state index in [-0.39, 0.29) is 18.2 Å². The topological polar surface area (TPSA) is 94.7 Å². The molecule has 0 atom stereocenters. The Balaban J connectivity index is 1.91. The molecule has 0 saturated carbocycles. The van der Waals surface area contributed by atoms with E-state index in [1.165, 1.54) is 13.3 Å². The second-order valence-corrected chi connectivity index (χ2v) is 5.16. The molecule has 0 aliphatic heterocycles. The number of hydrogen-bond acceptors (Lipinski definition) is 5. The van der Waals surface area contributed by atoms with Gasteiger partial charge in [-0.25, -0.2) is 4.98 Å². The second-order valence-electron chi connectivity index (χ2n) is 5.16. The molecule has 22 heavy (non-hydrogen) atoms. The Labute approximate surface area is 128 Å². The fraction of sp³-hybridized carbons (Fsp3) is 0.500. The molecular weight excluding hydrogens is 284 g/mol. The van der Waals surface area contributed by atoms with Crippen molar-refractivity contribution in [2.24, 2.45) is 7.05 Å². The molecule has 2 heterocycles. The van der Waals surface area contributed by atoms with Gasteiger partial charge in [0.25, 0.3) is 0 Å². The van der Waals surface area contributed by atoms with E-state index >= 15 is 0 Å². The maximum atomic E-state index is 12.0. The van der Waals surface area contributed by atoms with Crippen molar-refractivity contribution in [1.29, 1.82) is 0 Å². The number of aryl methyl sites for hydroxylation is 2. The van der Waals surface area contributed by atoms with Crippen LogP contribution in [0.3, 0.4) is 0 Å². The zero-order valence-electron chi connectivity index (χ0n) is 13.3. The molecule has 2 aromatic rings. The summed E-state index contributed by atoms with van der Waals surface area (Å²) in [6.45, 7) is 5.64. The quantitative estimate of drug-likeness (QED) is 0.769. The van der Waals surface area contributed by atoms with Gasteiger partial charge in [0.1, 0.15) is 18.7 Å². The van der Waals surface area contributed by atoms with Crippen molar-refractivity contribution in [3.8, 4) is 0 Å². The van der Waals surface area contributed by atoms with E-state index in [1.807, 2.05) is 7.05 Å². The number of nitrogens with zero attached hydrogens (tertiary/aromatic N) is 5. The number of amides is 1. The fourth-order valence-electron chi connectivity index (χ4n) is 2.41. The molecule has 1 amide bonds. The van der Waals surface area contributed by atoms with Gasteiger partial charge in [-0.2, -0.15) is 10.2 Å². The van der Waals surface area contributed by atoms with Gasteiger partial charge in [-0.1, -0.05) is 0 Å². The monoisotopic (exact) mass is 304 g/mol. The Morgan fingerprint density at radius 1 is 1.32 bits per heavy atom. The first-order valence-corrected chi connectivity index (χ1v) is 7.04. The van der Waals surface area contributed by atoms with E-state index in [4.69, 9.17) is 0 Å². The minimum absolute atomic E-state index is 0.0380. The highest BCUT2D eigenvalue weighted by atomic mass is 16.2. The summed E-state index contributed by atoms with van der Waals surface area (Å²) in [4.78, 5) is 27.6. The van der Waals surface area contributed by atoms with Gasteiger partial charge >= 0.3 is 0 Å². The Morgan fingerprint density at radius 2 is 2.05 bits per heavy atom. The van der Waals surface area contributed by atoms with E-state index < -0.39 is 0 Å². The Bertz CT molecular complexity index is 700. The van der Waals surface area contributed by atoms with E-state index in [1.54, 1.807) is 23.2 Å². The average molecular weight is 304 g/mol. The summed E-state index contributed by atoms with van der Waals surface area (Å²) < 4.78 is 3.23. The molecule has 118 valence electrons. The number of nitrogens with one attached hydrogen (secondary N) is 1. The molecule has 0 saturated heterocycles. The highest BCUT2D eigenvalue weighted by Crippen LogP contribution is 2.13. The standard InChI is InChI=1S/C14H20N6O2/c1-9-14(11(3)21)10(2)20(18-9)7-13(22)15-6-5-12-16-8-17-19(12)4/h8H,5-7H2,1-4H3,(H,15,22). The lowest BCUT2D eigenvalue weighted by molar-refractivity contribution is -0.121. The van der Waals surface area contributed by atoms with Crippen LogP contribution in [0.2, 0.25) is 0 Å². The van der Waals surface area contributed by atoms with Crippen LogP contribution in [0, 0.1) is 13.8 Å². The molecule has 0 fully saturated rings. The van der Waals surface area contributed by atoms with Crippen LogP contribution in [0.15, 0.2) is 6.33 Å². The van der Waals surface area contributed by atoms with Gasteiger partial charge in [0.05, 0.1) is 11.3 Å². The molecule has 0 unspecified atom stereocenters. The molecule has 0 bridgehead atoms. The number of rotatable bonds is 6.